The van der Waals surface area contributed by atoms with Crippen LogP contribution in [0.4, 0.5) is 0 Å². The molecule has 1 aliphatic carbocycles. The zero-order valence-electron chi connectivity index (χ0n) is 12.2. The van der Waals surface area contributed by atoms with Crippen molar-refractivity contribution in [3.63, 3.8) is 0 Å². The van der Waals surface area contributed by atoms with Gasteiger partial charge in [-0.2, -0.15) is 0 Å². The van der Waals surface area contributed by atoms with Crippen molar-refractivity contribution < 1.29 is 0 Å². The molecule has 1 rings (SSSR count). The Morgan fingerprint density at radius 3 is 1.41 bits per heavy atom. The van der Waals surface area contributed by atoms with Crippen molar-refractivity contribution in [3.8, 4) is 0 Å². The Morgan fingerprint density at radius 2 is 1.06 bits per heavy atom. The highest BCUT2D eigenvalue weighted by Crippen LogP contribution is 2.24. The van der Waals surface area contributed by atoms with Gasteiger partial charge >= 0.3 is 0 Å². The molecule has 102 valence electrons. The van der Waals surface area contributed by atoms with E-state index in [0.717, 1.165) is 6.54 Å². The first-order chi connectivity index (χ1) is 8.27. The van der Waals surface area contributed by atoms with Crippen LogP contribution in [0.25, 0.3) is 0 Å². The Bertz CT molecular complexity index is 162. The largest absolute Gasteiger partial charge is 0.312 e. The Balaban J connectivity index is 2.35. The lowest BCUT2D eigenvalue weighted by Gasteiger charge is -2.31. The van der Waals surface area contributed by atoms with Gasteiger partial charge < -0.3 is 5.32 Å². The maximum atomic E-state index is 3.73. The van der Waals surface area contributed by atoms with Crippen LogP contribution >= 0.6 is 0 Å². The smallest absolute Gasteiger partial charge is 0.0153 e. The maximum Gasteiger partial charge on any atom is 0.0153 e. The predicted molar refractivity (Wildman–Crippen MR) is 77.5 cm³/mol. The molecule has 1 saturated carbocycles. The van der Waals surface area contributed by atoms with E-state index in [1.165, 1.54) is 77.0 Å². The molecule has 0 saturated heterocycles. The topological polar surface area (TPSA) is 12.0 Å². The van der Waals surface area contributed by atoms with E-state index >= 15 is 0 Å². The molecule has 0 aromatic carbocycles. The van der Waals surface area contributed by atoms with Crippen molar-refractivity contribution >= 4 is 0 Å². The van der Waals surface area contributed by atoms with E-state index in [0.29, 0.717) is 5.54 Å². The van der Waals surface area contributed by atoms with Crippen LogP contribution in [0.5, 0.6) is 0 Å². The fraction of sp³-hybridized carbons (Fsp3) is 1.00. The van der Waals surface area contributed by atoms with E-state index in [-0.39, 0.29) is 0 Å². The Morgan fingerprint density at radius 1 is 0.706 bits per heavy atom. The van der Waals surface area contributed by atoms with Gasteiger partial charge in [-0.25, -0.2) is 0 Å². The lowest BCUT2D eigenvalue weighted by atomic mass is 9.88. The summed E-state index contributed by atoms with van der Waals surface area (Å²) in [7, 11) is 0. The summed E-state index contributed by atoms with van der Waals surface area (Å²) in [5.41, 5.74) is 0.419. The molecule has 1 aliphatic rings. The first-order valence-electron chi connectivity index (χ1n) is 8.02. The number of nitrogens with one attached hydrogen (secondary N) is 1. The summed E-state index contributed by atoms with van der Waals surface area (Å²) >= 11 is 0. The molecule has 0 radical (unpaired) electrons. The molecular formula is C16H33N. The number of rotatable bonds is 2. The van der Waals surface area contributed by atoms with Crippen LogP contribution in [-0.2, 0) is 0 Å². The van der Waals surface area contributed by atoms with E-state index in [2.05, 4.69) is 19.2 Å². The van der Waals surface area contributed by atoms with Crippen molar-refractivity contribution in [1.29, 1.82) is 0 Å². The zero-order valence-corrected chi connectivity index (χ0v) is 12.2. The normalized spacial score (nSPS) is 24.4. The molecule has 0 bridgehead atoms. The van der Waals surface area contributed by atoms with Gasteiger partial charge in [-0.1, -0.05) is 71.1 Å². The maximum absolute atomic E-state index is 3.73. The van der Waals surface area contributed by atoms with Crippen LogP contribution in [0, 0.1) is 0 Å². The summed E-state index contributed by atoms with van der Waals surface area (Å²) in [4.78, 5) is 0. The lowest BCUT2D eigenvalue weighted by Crippen LogP contribution is -2.42. The molecule has 0 aliphatic heterocycles. The molecule has 1 fully saturated rings. The van der Waals surface area contributed by atoms with Gasteiger partial charge in [-0.15, -0.1) is 0 Å². The Kier molecular flexibility index (Phi) is 7.92. The van der Waals surface area contributed by atoms with E-state index in [4.69, 9.17) is 0 Å². The summed E-state index contributed by atoms with van der Waals surface area (Å²) in [6, 6.07) is 0. The van der Waals surface area contributed by atoms with Gasteiger partial charge in [0.05, 0.1) is 0 Å². The second-order valence-electron chi connectivity index (χ2n) is 6.13. The third-order valence-corrected chi connectivity index (χ3v) is 4.31. The van der Waals surface area contributed by atoms with Crippen molar-refractivity contribution in [2.24, 2.45) is 0 Å². The fourth-order valence-electron chi connectivity index (χ4n) is 3.17. The first-order valence-corrected chi connectivity index (χ1v) is 8.02. The molecule has 1 heteroatoms. The monoisotopic (exact) mass is 239 g/mol. The first kappa shape index (κ1) is 15.0. The van der Waals surface area contributed by atoms with Crippen LogP contribution in [0.3, 0.4) is 0 Å². The van der Waals surface area contributed by atoms with E-state index in [1.54, 1.807) is 0 Å². The molecular weight excluding hydrogens is 206 g/mol. The summed E-state index contributed by atoms with van der Waals surface area (Å²) in [5.74, 6) is 0. The third kappa shape index (κ3) is 7.08. The van der Waals surface area contributed by atoms with Gasteiger partial charge in [0.2, 0.25) is 0 Å². The van der Waals surface area contributed by atoms with E-state index in [9.17, 15) is 0 Å². The van der Waals surface area contributed by atoms with Gasteiger partial charge in [-0.3, -0.25) is 0 Å². The summed E-state index contributed by atoms with van der Waals surface area (Å²) in [6.45, 7) is 5.80. The predicted octanol–water partition coefficient (Wildman–Crippen LogP) is 5.05. The molecule has 0 atom stereocenters. The SMILES string of the molecule is CCNC1(C)CCCCCCCCCCCC1. The van der Waals surface area contributed by atoms with Crippen molar-refractivity contribution in [1.82, 2.24) is 5.32 Å². The number of hydrogen-bond acceptors (Lipinski definition) is 1. The second-order valence-corrected chi connectivity index (χ2v) is 6.13. The summed E-state index contributed by atoms with van der Waals surface area (Å²) in [6.07, 6.45) is 17.3. The minimum Gasteiger partial charge on any atom is -0.312 e. The van der Waals surface area contributed by atoms with Crippen molar-refractivity contribution in [2.45, 2.75) is 96.4 Å². The molecule has 0 aromatic heterocycles. The van der Waals surface area contributed by atoms with E-state index in [1.807, 2.05) is 0 Å². The Hall–Kier alpha value is -0.0400. The van der Waals surface area contributed by atoms with E-state index < -0.39 is 0 Å². The quantitative estimate of drug-likeness (QED) is 0.711. The number of hydrogen-bond donors (Lipinski definition) is 1. The van der Waals surface area contributed by atoms with Crippen molar-refractivity contribution in [2.75, 3.05) is 6.54 Å². The minimum atomic E-state index is 0.419. The van der Waals surface area contributed by atoms with Crippen LogP contribution in [-0.4, -0.2) is 12.1 Å². The minimum absolute atomic E-state index is 0.419. The van der Waals surface area contributed by atoms with Gasteiger partial charge in [0.25, 0.3) is 0 Å². The van der Waals surface area contributed by atoms with Gasteiger partial charge in [0, 0.05) is 5.54 Å². The van der Waals surface area contributed by atoms with Gasteiger partial charge in [0.15, 0.2) is 0 Å². The highest BCUT2D eigenvalue weighted by Gasteiger charge is 2.21. The second kappa shape index (κ2) is 8.97. The molecule has 0 spiro atoms. The Labute approximate surface area is 109 Å². The van der Waals surface area contributed by atoms with Crippen LogP contribution in [0.15, 0.2) is 0 Å². The average molecular weight is 239 g/mol. The highest BCUT2D eigenvalue weighted by molar-refractivity contribution is 4.82. The molecule has 0 aromatic rings. The summed E-state index contributed by atoms with van der Waals surface area (Å²) < 4.78 is 0. The van der Waals surface area contributed by atoms with Crippen LogP contribution in [0.2, 0.25) is 0 Å². The van der Waals surface area contributed by atoms with Gasteiger partial charge in [-0.05, 0) is 26.3 Å². The molecule has 0 amide bonds. The van der Waals surface area contributed by atoms with Crippen LogP contribution in [0.1, 0.15) is 90.9 Å². The zero-order chi connectivity index (χ0) is 12.4. The molecule has 1 N–H and O–H groups in total. The lowest BCUT2D eigenvalue weighted by molar-refractivity contribution is 0.294. The average Bonchev–Trinajstić information content (AvgIpc) is 2.32. The third-order valence-electron chi connectivity index (χ3n) is 4.31. The molecule has 0 unspecified atom stereocenters. The van der Waals surface area contributed by atoms with Gasteiger partial charge in [0.1, 0.15) is 0 Å². The fourth-order valence-corrected chi connectivity index (χ4v) is 3.17. The molecule has 1 nitrogen and oxygen atoms in total. The van der Waals surface area contributed by atoms with Crippen LogP contribution < -0.4 is 5.32 Å². The van der Waals surface area contributed by atoms with Crippen molar-refractivity contribution in [3.05, 3.63) is 0 Å². The summed E-state index contributed by atoms with van der Waals surface area (Å²) in [5, 5.41) is 3.73. The molecule has 17 heavy (non-hydrogen) atoms. The highest BCUT2D eigenvalue weighted by atomic mass is 14.9. The standard InChI is InChI=1S/C16H33N/c1-3-17-16(2)14-12-10-8-6-4-5-7-9-11-13-15-16/h17H,3-15H2,1-2H3. The molecule has 0 heterocycles.